The van der Waals surface area contributed by atoms with Gasteiger partial charge in [-0.1, -0.05) is 35.9 Å². The number of carbonyl (C=O) groups is 3. The fraction of sp³-hybridized carbons (Fsp3) is 0.464. The summed E-state index contributed by atoms with van der Waals surface area (Å²) >= 11 is 1.56. The number of carbonyl (C=O) groups excluding carboxylic acids is 3. The van der Waals surface area contributed by atoms with Gasteiger partial charge in [0.15, 0.2) is 5.78 Å². The van der Waals surface area contributed by atoms with E-state index in [4.69, 9.17) is 0 Å². The van der Waals surface area contributed by atoms with Crippen LogP contribution in [-0.4, -0.2) is 45.9 Å². The minimum absolute atomic E-state index is 0.180. The number of hydrogen-bond acceptors (Lipinski definition) is 5. The van der Waals surface area contributed by atoms with Gasteiger partial charge in [0.25, 0.3) is 0 Å². The molecule has 7 heteroatoms. The monoisotopic (exact) mass is 494 g/mol. The Morgan fingerprint density at radius 2 is 1.80 bits per heavy atom. The van der Waals surface area contributed by atoms with Gasteiger partial charge in [-0.05, 0) is 68.9 Å². The summed E-state index contributed by atoms with van der Waals surface area (Å²) in [6.45, 7) is 9.01. The van der Waals surface area contributed by atoms with Crippen LogP contribution >= 0.6 is 11.8 Å². The number of fused-ring (bicyclic) bond motifs is 1. The molecule has 2 unspecified atom stereocenters. The van der Waals surface area contributed by atoms with Gasteiger partial charge in [-0.2, -0.15) is 11.8 Å². The van der Waals surface area contributed by atoms with Gasteiger partial charge in [0.1, 0.15) is 11.6 Å². The molecule has 35 heavy (non-hydrogen) atoms. The summed E-state index contributed by atoms with van der Waals surface area (Å²) in [5, 5.41) is 16.8. The van der Waals surface area contributed by atoms with E-state index in [9.17, 15) is 19.5 Å². The molecule has 1 spiro atoms. The molecule has 3 aliphatic carbocycles. The van der Waals surface area contributed by atoms with E-state index >= 15 is 0 Å². The lowest BCUT2D eigenvalue weighted by Gasteiger charge is -2.39. The highest BCUT2D eigenvalue weighted by Gasteiger charge is 2.65. The molecule has 4 rings (SSSR count). The maximum Gasteiger partial charge on any atom is 0.243 e. The molecule has 0 heterocycles. The summed E-state index contributed by atoms with van der Waals surface area (Å²) < 4.78 is 0. The third-order valence-electron chi connectivity index (χ3n) is 7.75. The van der Waals surface area contributed by atoms with Gasteiger partial charge in [0.2, 0.25) is 11.8 Å². The lowest BCUT2D eigenvalue weighted by molar-refractivity contribution is -0.137. The molecule has 6 nitrogen and oxygen atoms in total. The zero-order chi connectivity index (χ0) is 25.5. The van der Waals surface area contributed by atoms with Crippen LogP contribution in [0.4, 0.5) is 0 Å². The first-order chi connectivity index (χ1) is 16.5. The molecule has 0 bridgehead atoms. The van der Waals surface area contributed by atoms with Crippen LogP contribution in [0.25, 0.3) is 0 Å². The molecular formula is C28H34N2O4S. The predicted octanol–water partition coefficient (Wildman–Crippen LogP) is 3.79. The number of rotatable bonds is 8. The fourth-order valence-electron chi connectivity index (χ4n) is 5.45. The Balaban J connectivity index is 1.45. The van der Waals surface area contributed by atoms with Crippen LogP contribution in [0.3, 0.4) is 0 Å². The molecule has 0 aliphatic heterocycles. The van der Waals surface area contributed by atoms with Gasteiger partial charge in [-0.3, -0.25) is 14.4 Å². The molecule has 1 aromatic rings. The van der Waals surface area contributed by atoms with Crippen molar-refractivity contribution in [3.8, 4) is 0 Å². The minimum atomic E-state index is -1.36. The maximum atomic E-state index is 13.1. The van der Waals surface area contributed by atoms with Crippen molar-refractivity contribution in [2.75, 3.05) is 11.5 Å². The minimum Gasteiger partial charge on any atom is -0.381 e. The number of thioether (sulfide) groups is 1. The second-order valence-electron chi connectivity index (χ2n) is 10.1. The number of aliphatic hydroxyl groups is 1. The molecule has 3 N–H and O–H groups in total. The first-order valence-corrected chi connectivity index (χ1v) is 13.3. The van der Waals surface area contributed by atoms with E-state index in [2.05, 4.69) is 10.6 Å². The van der Waals surface area contributed by atoms with Gasteiger partial charge in [-0.15, -0.1) is 0 Å². The topological polar surface area (TPSA) is 95.5 Å². The molecule has 1 fully saturated rings. The van der Waals surface area contributed by atoms with E-state index in [0.717, 1.165) is 40.7 Å². The number of Topliss-reactive ketones (excluding diaryl/α,β-unsaturated/α-hetero) is 1. The van der Waals surface area contributed by atoms with Crippen LogP contribution in [-0.2, 0) is 14.4 Å². The Morgan fingerprint density at radius 1 is 1.14 bits per heavy atom. The van der Waals surface area contributed by atoms with Crippen molar-refractivity contribution < 1.29 is 19.5 Å². The van der Waals surface area contributed by atoms with Crippen molar-refractivity contribution in [1.82, 2.24) is 10.6 Å². The van der Waals surface area contributed by atoms with Gasteiger partial charge in [0, 0.05) is 29.4 Å². The van der Waals surface area contributed by atoms with Gasteiger partial charge >= 0.3 is 0 Å². The highest BCUT2D eigenvalue weighted by molar-refractivity contribution is 7.99. The summed E-state index contributed by atoms with van der Waals surface area (Å²) in [6, 6.07) is 8.85. The number of benzene rings is 1. The van der Waals surface area contributed by atoms with Crippen LogP contribution in [0.5, 0.6) is 0 Å². The largest absolute Gasteiger partial charge is 0.381 e. The SMILES string of the molecule is CC(=O)NC(CSCC1=C(C)C=C2C(=O)[C@](C)(O)C3(CC3)C(C)=C21)C(=O)NC(C)c1ccccc1. The number of amides is 2. The van der Waals surface area contributed by atoms with Gasteiger partial charge in [0.05, 0.1) is 6.04 Å². The molecule has 1 saturated carbocycles. The van der Waals surface area contributed by atoms with E-state index in [0.29, 0.717) is 17.1 Å². The first-order valence-electron chi connectivity index (χ1n) is 12.1. The van der Waals surface area contributed by atoms with Crippen molar-refractivity contribution >= 4 is 29.4 Å². The second kappa shape index (κ2) is 9.43. The third-order valence-corrected chi connectivity index (χ3v) is 8.81. The van der Waals surface area contributed by atoms with Crippen molar-refractivity contribution in [2.24, 2.45) is 5.41 Å². The Labute approximate surface area is 211 Å². The standard InChI is InChI=1S/C28H34N2O4S/c1-16-13-21-24(17(2)28(11-12-28)27(5,34)25(21)32)22(16)14-35-15-23(30-19(4)31)26(33)29-18(3)20-9-7-6-8-10-20/h6-10,13,18,23,34H,11-12,14-15H2,1-5H3,(H,29,33)(H,30,31)/t18?,23?,27-/m0/s1. The molecule has 0 saturated heterocycles. The predicted molar refractivity (Wildman–Crippen MR) is 139 cm³/mol. The number of nitrogens with one attached hydrogen (secondary N) is 2. The molecule has 0 aromatic heterocycles. The molecule has 186 valence electrons. The van der Waals surface area contributed by atoms with E-state index in [-0.39, 0.29) is 23.6 Å². The van der Waals surface area contributed by atoms with Gasteiger partial charge in [-0.25, -0.2) is 0 Å². The van der Waals surface area contributed by atoms with Crippen LogP contribution in [0.1, 0.15) is 59.1 Å². The Hall–Kier alpha value is -2.64. The summed E-state index contributed by atoms with van der Waals surface area (Å²) in [4.78, 5) is 38.0. The zero-order valence-electron chi connectivity index (χ0n) is 21.0. The van der Waals surface area contributed by atoms with E-state index in [1.54, 1.807) is 18.7 Å². The Morgan fingerprint density at radius 3 is 2.40 bits per heavy atom. The lowest BCUT2D eigenvalue weighted by Crippen LogP contribution is -2.49. The van der Waals surface area contributed by atoms with Crippen molar-refractivity contribution in [1.29, 1.82) is 0 Å². The normalized spacial score (nSPS) is 24.2. The number of allylic oxidation sites excluding steroid dienone is 3. The van der Waals surface area contributed by atoms with E-state index in [1.165, 1.54) is 6.92 Å². The average Bonchev–Trinajstić information content (AvgIpc) is 3.57. The zero-order valence-corrected chi connectivity index (χ0v) is 21.8. The quantitative estimate of drug-likeness (QED) is 0.511. The van der Waals surface area contributed by atoms with Crippen LogP contribution < -0.4 is 10.6 Å². The first kappa shape index (κ1) is 25.5. The van der Waals surface area contributed by atoms with Crippen LogP contribution in [0, 0.1) is 5.41 Å². The number of hydrogen-bond donors (Lipinski definition) is 3. The summed E-state index contributed by atoms with van der Waals surface area (Å²) in [7, 11) is 0. The van der Waals surface area contributed by atoms with E-state index < -0.39 is 17.1 Å². The smallest absolute Gasteiger partial charge is 0.243 e. The van der Waals surface area contributed by atoms with Crippen LogP contribution in [0.15, 0.2) is 64.3 Å². The van der Waals surface area contributed by atoms with Crippen LogP contribution in [0.2, 0.25) is 0 Å². The summed E-state index contributed by atoms with van der Waals surface area (Å²) in [5.41, 5.74) is 3.94. The molecule has 3 aliphatic rings. The molecular weight excluding hydrogens is 460 g/mol. The highest BCUT2D eigenvalue weighted by atomic mass is 32.2. The van der Waals surface area contributed by atoms with Crippen molar-refractivity contribution in [2.45, 2.75) is 65.1 Å². The van der Waals surface area contributed by atoms with Crippen molar-refractivity contribution in [3.63, 3.8) is 0 Å². The number of ketones is 1. The Kier molecular flexibility index (Phi) is 6.86. The van der Waals surface area contributed by atoms with Gasteiger partial charge < -0.3 is 15.7 Å². The van der Waals surface area contributed by atoms with Crippen molar-refractivity contribution in [3.05, 3.63) is 69.8 Å². The highest BCUT2D eigenvalue weighted by Crippen LogP contribution is 2.65. The molecule has 0 radical (unpaired) electrons. The second-order valence-corrected chi connectivity index (χ2v) is 11.1. The lowest BCUT2D eigenvalue weighted by atomic mass is 9.67. The fourth-order valence-corrected chi connectivity index (χ4v) is 6.61. The molecule has 1 aromatic carbocycles. The summed E-state index contributed by atoms with van der Waals surface area (Å²) in [6.07, 6.45) is 3.52. The Bertz CT molecular complexity index is 1160. The summed E-state index contributed by atoms with van der Waals surface area (Å²) in [5.74, 6) is 0.341. The van der Waals surface area contributed by atoms with E-state index in [1.807, 2.05) is 57.2 Å². The average molecular weight is 495 g/mol. The molecule has 2 amide bonds. The molecule has 3 atom stereocenters. The maximum absolute atomic E-state index is 13.1. The third kappa shape index (κ3) is 4.52.